The second-order valence-corrected chi connectivity index (χ2v) is 18.4. The van der Waals surface area contributed by atoms with Crippen molar-refractivity contribution in [1.82, 2.24) is 34.1 Å². The van der Waals surface area contributed by atoms with E-state index in [4.69, 9.17) is 22.1 Å². The lowest BCUT2D eigenvalue weighted by Crippen LogP contribution is -2.39. The van der Waals surface area contributed by atoms with Crippen LogP contribution in [-0.4, -0.2) is 61.8 Å². The number of sulfonamides is 1. The van der Waals surface area contributed by atoms with E-state index in [1.54, 1.807) is 24.3 Å². The smallest absolute Gasteiger partial charge is 0.293 e. The van der Waals surface area contributed by atoms with Crippen LogP contribution < -0.4 is 20.3 Å². The van der Waals surface area contributed by atoms with Crippen molar-refractivity contribution in [2.24, 2.45) is 18.7 Å². The molecule has 1 saturated carbocycles. The molecule has 9 rings (SSSR count). The second-order valence-electron chi connectivity index (χ2n) is 16.0. The fourth-order valence-electron chi connectivity index (χ4n) is 9.00. The number of aryl methyl sites for hydroxylation is 1. The van der Waals surface area contributed by atoms with Gasteiger partial charge < -0.3 is 10.5 Å². The van der Waals surface area contributed by atoms with Crippen LogP contribution >= 0.6 is 11.6 Å². The van der Waals surface area contributed by atoms with E-state index >= 15 is 13.6 Å². The lowest BCUT2D eigenvalue weighted by Gasteiger charge is -2.30. The van der Waals surface area contributed by atoms with Gasteiger partial charge in [-0.3, -0.25) is 18.8 Å². The van der Waals surface area contributed by atoms with Crippen LogP contribution in [-0.2, 0) is 40.8 Å². The Labute approximate surface area is 374 Å². The number of carbonyl (C=O) groups is 1. The predicted octanol–water partition coefficient (Wildman–Crippen LogP) is 6.84. The highest BCUT2D eigenvalue weighted by atomic mass is 35.5. The molecule has 23 heteroatoms. The number of halogens is 7. The predicted molar refractivity (Wildman–Crippen MR) is 226 cm³/mol. The van der Waals surface area contributed by atoms with E-state index in [0.29, 0.717) is 22.1 Å². The third-order valence-electron chi connectivity index (χ3n) is 11.9. The Bertz CT molecular complexity index is 3370. The molecular weight excluding hydrogens is 918 g/mol. The van der Waals surface area contributed by atoms with Gasteiger partial charge in [-0.05, 0) is 78.4 Å². The first-order valence-corrected chi connectivity index (χ1v) is 22.1. The van der Waals surface area contributed by atoms with Crippen LogP contribution in [0.1, 0.15) is 70.3 Å². The summed E-state index contributed by atoms with van der Waals surface area (Å²) in [6.07, 6.45) is -3.31. The molecular formula is C43H33ClF6N10O5S. The van der Waals surface area contributed by atoms with Gasteiger partial charge in [-0.25, -0.2) is 44.9 Å². The average molecular weight is 951 g/mol. The monoisotopic (exact) mass is 950 g/mol. The number of primary amides is 1. The van der Waals surface area contributed by atoms with Gasteiger partial charge in [0.1, 0.15) is 52.4 Å². The van der Waals surface area contributed by atoms with Crippen molar-refractivity contribution in [3.63, 3.8) is 0 Å². The summed E-state index contributed by atoms with van der Waals surface area (Å²) in [6.45, 7) is -0.265. The molecule has 66 heavy (non-hydrogen) atoms. The number of nitrogens with zero attached hydrogens (tertiary/aromatic N) is 9. The maximum atomic E-state index is 16.3. The molecule has 2 aliphatic carbocycles. The van der Waals surface area contributed by atoms with Crippen LogP contribution in [0.5, 0.6) is 5.75 Å². The number of ether oxygens (including phenoxy) is 1. The van der Waals surface area contributed by atoms with Crippen LogP contribution in [0.3, 0.4) is 0 Å². The van der Waals surface area contributed by atoms with Crippen molar-refractivity contribution in [2.45, 2.75) is 49.6 Å². The number of benzene rings is 3. The van der Waals surface area contributed by atoms with Crippen molar-refractivity contribution in [1.29, 1.82) is 5.26 Å². The number of amides is 1. The van der Waals surface area contributed by atoms with Crippen LogP contribution in [0.2, 0.25) is 5.02 Å². The van der Waals surface area contributed by atoms with Crippen LogP contribution in [0.15, 0.2) is 71.5 Å². The molecule has 0 aliphatic heterocycles. The Morgan fingerprint density at radius 2 is 1.74 bits per heavy atom. The summed E-state index contributed by atoms with van der Waals surface area (Å²) in [6, 6.07) is 13.4. The Morgan fingerprint density at radius 1 is 1.05 bits per heavy atom. The molecule has 1 amide bonds. The zero-order valence-corrected chi connectivity index (χ0v) is 36.1. The standard InChI is InChI=1S/C43H33ClF6N10O5S/c1-57-35-30(11-10-29(44)32(35)41(56-57)58(66(3,63)64)18-19-4-7-24(65-2)8-5-19)59-40(54-39-25(42(59)62)9-6-23(17-51)53-39)27(14-20-12-21(45)15-22(46)13-20)34(38(52)61)60-36-31(33(55-60)37(47)48)26-16-28(26)43(36,49)50/h4-13,15,26-28,34,37H,14,16,18H2,1-3H3,(H2,52,61)/t26-,27-,28+,34?/m0/s1. The zero-order valence-electron chi connectivity index (χ0n) is 34.6. The van der Waals surface area contributed by atoms with Gasteiger partial charge in [-0.2, -0.15) is 24.2 Å². The number of anilines is 1. The van der Waals surface area contributed by atoms with Crippen molar-refractivity contribution < 1.29 is 44.3 Å². The van der Waals surface area contributed by atoms with E-state index in [2.05, 4.69) is 20.2 Å². The van der Waals surface area contributed by atoms with Crippen molar-refractivity contribution >= 4 is 55.3 Å². The molecule has 0 spiro atoms. The van der Waals surface area contributed by atoms with Crippen LogP contribution in [0.25, 0.3) is 27.6 Å². The van der Waals surface area contributed by atoms with E-state index in [0.717, 1.165) is 27.3 Å². The molecule has 0 saturated heterocycles. The maximum absolute atomic E-state index is 16.3. The number of pyridine rings is 1. The molecule has 1 unspecified atom stereocenters. The topological polar surface area (TPSA) is 197 Å². The van der Waals surface area contributed by atoms with Gasteiger partial charge in [0.25, 0.3) is 17.9 Å². The SMILES string of the molecule is COc1ccc(CN(c2nn(C)c3c(-n4c([C@@H](Cc5cc(F)cc(F)c5)C(C(N)=O)n5nc(C(F)F)c6c5C(F)(F)[C@@H]5C[C@H]65)nc5nc(C#N)ccc5c4=O)ccc(Cl)c23)S(C)(=O)=O)cc1. The van der Waals surface area contributed by atoms with E-state index < -0.39 is 104 Å². The van der Waals surface area contributed by atoms with Gasteiger partial charge in [0.15, 0.2) is 11.5 Å². The zero-order chi connectivity index (χ0) is 47.3. The van der Waals surface area contributed by atoms with Crippen LogP contribution in [0.4, 0.5) is 32.2 Å². The number of nitrogens with two attached hydrogens (primary N) is 1. The van der Waals surface area contributed by atoms with Crippen molar-refractivity contribution in [3.8, 4) is 17.5 Å². The van der Waals surface area contributed by atoms with Crippen molar-refractivity contribution in [3.05, 3.63) is 133 Å². The minimum atomic E-state index is -4.17. The molecule has 1 fully saturated rings. The number of hydrogen-bond acceptors (Lipinski definition) is 10. The number of hydrogen-bond donors (Lipinski definition) is 1. The number of carbonyl (C=O) groups excluding carboxylic acids is 1. The molecule has 0 bridgehead atoms. The normalized spacial score (nSPS) is 17.1. The molecule has 3 aromatic carbocycles. The highest BCUT2D eigenvalue weighted by Gasteiger charge is 2.68. The maximum Gasteiger partial charge on any atom is 0.293 e. The third kappa shape index (κ3) is 7.25. The summed E-state index contributed by atoms with van der Waals surface area (Å²) < 4.78 is 128. The fraction of sp³-hybridized carbons (Fsp3) is 0.279. The van der Waals surface area contributed by atoms with Crippen LogP contribution in [0, 0.1) is 28.9 Å². The van der Waals surface area contributed by atoms with E-state index in [9.17, 15) is 36.0 Å². The third-order valence-corrected chi connectivity index (χ3v) is 13.3. The van der Waals surface area contributed by atoms with E-state index in [1.807, 2.05) is 6.07 Å². The fourth-order valence-corrected chi connectivity index (χ4v) is 10.1. The van der Waals surface area contributed by atoms with E-state index in [-0.39, 0.29) is 57.0 Å². The molecule has 340 valence electrons. The first-order chi connectivity index (χ1) is 31.2. The Kier molecular flexibility index (Phi) is 10.6. The second kappa shape index (κ2) is 15.9. The first kappa shape index (κ1) is 44.2. The highest BCUT2D eigenvalue weighted by Crippen LogP contribution is 2.68. The molecule has 15 nitrogen and oxygen atoms in total. The van der Waals surface area contributed by atoms with Gasteiger partial charge >= 0.3 is 0 Å². The Hall–Kier alpha value is -6.99. The number of methoxy groups -OCH3 is 1. The molecule has 7 aromatic rings. The van der Waals surface area contributed by atoms with Gasteiger partial charge in [0.2, 0.25) is 15.9 Å². The van der Waals surface area contributed by atoms with Gasteiger partial charge in [0, 0.05) is 24.6 Å². The minimum absolute atomic E-state index is 0.0213. The number of nitriles is 1. The summed E-state index contributed by atoms with van der Waals surface area (Å²) in [5.41, 5.74) is 2.05. The molecule has 4 aromatic heterocycles. The van der Waals surface area contributed by atoms with Gasteiger partial charge in [-0.1, -0.05) is 23.7 Å². The quantitative estimate of drug-likeness (QED) is 0.120. The summed E-state index contributed by atoms with van der Waals surface area (Å²) in [5, 5.41) is 17.9. The molecule has 4 atom stereocenters. The Morgan fingerprint density at radius 3 is 2.36 bits per heavy atom. The molecule has 2 N–H and O–H groups in total. The Balaban J connectivity index is 1.36. The first-order valence-electron chi connectivity index (χ1n) is 19.9. The lowest BCUT2D eigenvalue weighted by atomic mass is 9.89. The minimum Gasteiger partial charge on any atom is -0.497 e. The lowest BCUT2D eigenvalue weighted by molar-refractivity contribution is -0.122. The van der Waals surface area contributed by atoms with Gasteiger partial charge in [0.05, 0.1) is 52.8 Å². The number of aromatic nitrogens is 7. The summed E-state index contributed by atoms with van der Waals surface area (Å²) in [4.78, 5) is 38.0. The average Bonchev–Trinajstić information content (AvgIpc) is 3.77. The van der Waals surface area contributed by atoms with E-state index in [1.165, 1.54) is 43.1 Å². The summed E-state index contributed by atoms with van der Waals surface area (Å²) in [5.74, 6) is -12.0. The van der Waals surface area contributed by atoms with Crippen molar-refractivity contribution in [2.75, 3.05) is 17.7 Å². The highest BCUT2D eigenvalue weighted by molar-refractivity contribution is 7.92. The molecule has 4 heterocycles. The molecule has 2 aliphatic rings. The molecule has 0 radical (unpaired) electrons. The summed E-state index contributed by atoms with van der Waals surface area (Å²) in [7, 11) is -1.30. The number of rotatable bonds is 13. The number of alkyl halides is 4. The van der Waals surface area contributed by atoms with Gasteiger partial charge in [-0.15, -0.1) is 0 Å². The largest absolute Gasteiger partial charge is 0.497 e. The number of fused-ring (bicyclic) bond motifs is 5. The summed E-state index contributed by atoms with van der Waals surface area (Å²) >= 11 is 6.86.